The monoisotopic (exact) mass is 494 g/mol. The molecular formula is C28H30O8. The molecule has 2 aliphatic rings. The number of fused-ring (bicyclic) bond motifs is 1. The molecule has 8 nitrogen and oxygen atoms in total. The van der Waals surface area contributed by atoms with Crippen molar-refractivity contribution in [3.8, 4) is 23.0 Å². The predicted octanol–water partition coefficient (Wildman–Crippen LogP) is 5.08. The van der Waals surface area contributed by atoms with Gasteiger partial charge in [-0.1, -0.05) is 12.1 Å². The van der Waals surface area contributed by atoms with Crippen LogP contribution >= 0.6 is 0 Å². The Hall–Kier alpha value is -3.68. The summed E-state index contributed by atoms with van der Waals surface area (Å²) in [6, 6.07) is 10.9. The van der Waals surface area contributed by atoms with Gasteiger partial charge in [-0.25, -0.2) is 0 Å². The van der Waals surface area contributed by atoms with E-state index in [1.165, 1.54) is 27.7 Å². The zero-order valence-electron chi connectivity index (χ0n) is 20.9. The molecule has 0 radical (unpaired) electrons. The van der Waals surface area contributed by atoms with Gasteiger partial charge in [0.25, 0.3) is 0 Å². The lowest BCUT2D eigenvalue weighted by Gasteiger charge is -2.18. The van der Waals surface area contributed by atoms with Gasteiger partial charge in [-0.3, -0.25) is 19.2 Å². The van der Waals surface area contributed by atoms with Crippen molar-refractivity contribution in [2.45, 2.75) is 65.2 Å². The summed E-state index contributed by atoms with van der Waals surface area (Å²) < 4.78 is 21.0. The third-order valence-corrected chi connectivity index (χ3v) is 6.91. The molecule has 0 N–H and O–H groups in total. The fraction of sp³-hybridized carbons (Fsp3) is 0.429. The first-order valence-corrected chi connectivity index (χ1v) is 12.1. The normalized spacial score (nSPS) is 22.4. The van der Waals surface area contributed by atoms with Gasteiger partial charge in [-0.05, 0) is 84.7 Å². The van der Waals surface area contributed by atoms with Crippen LogP contribution < -0.4 is 18.9 Å². The molecular weight excluding hydrogens is 464 g/mol. The third-order valence-electron chi connectivity index (χ3n) is 6.91. The molecule has 2 fully saturated rings. The number of hydrogen-bond acceptors (Lipinski definition) is 8. The minimum absolute atomic E-state index is 0.237. The quantitative estimate of drug-likeness (QED) is 0.405. The van der Waals surface area contributed by atoms with E-state index < -0.39 is 23.9 Å². The second kappa shape index (κ2) is 10.5. The van der Waals surface area contributed by atoms with Gasteiger partial charge in [0.2, 0.25) is 0 Å². The number of hydrogen-bond donors (Lipinski definition) is 0. The smallest absolute Gasteiger partial charge is 0.308 e. The van der Waals surface area contributed by atoms with Crippen molar-refractivity contribution in [2.24, 2.45) is 11.8 Å². The summed E-state index contributed by atoms with van der Waals surface area (Å²) in [7, 11) is 0. The van der Waals surface area contributed by atoms with Gasteiger partial charge in [0.15, 0.2) is 23.0 Å². The number of benzene rings is 2. The Bertz CT molecular complexity index is 1090. The first kappa shape index (κ1) is 25.4. The Balaban J connectivity index is 1.47. The van der Waals surface area contributed by atoms with Gasteiger partial charge < -0.3 is 18.9 Å². The van der Waals surface area contributed by atoms with Gasteiger partial charge in [-0.2, -0.15) is 0 Å². The van der Waals surface area contributed by atoms with Gasteiger partial charge in [0, 0.05) is 27.7 Å². The van der Waals surface area contributed by atoms with E-state index in [9.17, 15) is 19.2 Å². The molecule has 4 rings (SSSR count). The molecule has 0 saturated heterocycles. The van der Waals surface area contributed by atoms with Crippen molar-refractivity contribution in [1.82, 2.24) is 0 Å². The maximum absolute atomic E-state index is 11.6. The summed E-state index contributed by atoms with van der Waals surface area (Å²) in [6.45, 7) is 5.24. The largest absolute Gasteiger partial charge is 0.423 e. The standard InChI is InChI=1S/C28H30O8/c1-15(29)33-25-7-5-19(13-27(25)35-17(3)31)21-9-23-11-22(12-24(23)10-21)20-6-8-26(34-16(2)30)28(14-20)36-18(4)32/h5-8,13-14,21-24H,9-12H2,1-4H3/t21?,22?,23-,24+. The van der Waals surface area contributed by atoms with Crippen molar-refractivity contribution in [3.63, 3.8) is 0 Å². The molecule has 2 aromatic rings. The minimum Gasteiger partial charge on any atom is -0.423 e. The second-order valence-electron chi connectivity index (χ2n) is 9.64. The summed E-state index contributed by atoms with van der Waals surface area (Å²) in [5, 5.41) is 0. The molecule has 0 unspecified atom stereocenters. The molecule has 0 heterocycles. The summed E-state index contributed by atoms with van der Waals surface area (Å²) in [4.78, 5) is 45.9. The van der Waals surface area contributed by atoms with Crippen LogP contribution in [0.25, 0.3) is 0 Å². The van der Waals surface area contributed by atoms with Crippen molar-refractivity contribution in [1.29, 1.82) is 0 Å². The number of carbonyl (C=O) groups is 4. The van der Waals surface area contributed by atoms with E-state index in [-0.39, 0.29) is 23.0 Å². The average Bonchev–Trinajstić information content (AvgIpc) is 3.34. The Labute approximate surface area is 209 Å². The summed E-state index contributed by atoms with van der Waals surface area (Å²) in [6.07, 6.45) is 4.04. The molecule has 2 aromatic carbocycles. The molecule has 0 aromatic heterocycles. The second-order valence-corrected chi connectivity index (χ2v) is 9.64. The zero-order chi connectivity index (χ0) is 26.0. The number of rotatable bonds is 6. The van der Waals surface area contributed by atoms with E-state index in [1.807, 2.05) is 24.3 Å². The number of ether oxygens (including phenoxy) is 4. The van der Waals surface area contributed by atoms with Gasteiger partial charge in [0.1, 0.15) is 0 Å². The fourth-order valence-electron chi connectivity index (χ4n) is 5.67. The lowest BCUT2D eigenvalue weighted by molar-refractivity contribution is -0.134. The zero-order valence-corrected chi connectivity index (χ0v) is 20.9. The molecule has 0 aliphatic heterocycles. The fourth-order valence-corrected chi connectivity index (χ4v) is 5.67. The Morgan fingerprint density at radius 2 is 0.833 bits per heavy atom. The molecule has 36 heavy (non-hydrogen) atoms. The molecule has 0 bridgehead atoms. The molecule has 8 heteroatoms. The van der Waals surface area contributed by atoms with Crippen LogP contribution in [0.2, 0.25) is 0 Å². The Morgan fingerprint density at radius 3 is 1.14 bits per heavy atom. The molecule has 0 spiro atoms. The van der Waals surface area contributed by atoms with E-state index in [0.717, 1.165) is 36.8 Å². The van der Waals surface area contributed by atoms with Crippen LogP contribution in [0, 0.1) is 11.8 Å². The average molecular weight is 495 g/mol. The molecule has 2 saturated carbocycles. The summed E-state index contributed by atoms with van der Waals surface area (Å²) in [5.41, 5.74) is 2.13. The van der Waals surface area contributed by atoms with E-state index >= 15 is 0 Å². The maximum Gasteiger partial charge on any atom is 0.308 e. The van der Waals surface area contributed by atoms with Gasteiger partial charge in [0.05, 0.1) is 0 Å². The van der Waals surface area contributed by atoms with Gasteiger partial charge >= 0.3 is 23.9 Å². The van der Waals surface area contributed by atoms with Crippen molar-refractivity contribution >= 4 is 23.9 Å². The van der Waals surface area contributed by atoms with Crippen LogP contribution in [0.3, 0.4) is 0 Å². The van der Waals surface area contributed by atoms with Crippen LogP contribution in [-0.2, 0) is 19.2 Å². The minimum atomic E-state index is -0.477. The van der Waals surface area contributed by atoms with Crippen LogP contribution in [-0.4, -0.2) is 23.9 Å². The van der Waals surface area contributed by atoms with Crippen molar-refractivity contribution in [3.05, 3.63) is 47.5 Å². The van der Waals surface area contributed by atoms with E-state index in [1.54, 1.807) is 12.1 Å². The van der Waals surface area contributed by atoms with E-state index in [0.29, 0.717) is 23.7 Å². The summed E-state index contributed by atoms with van der Waals surface area (Å²) in [5.74, 6) is 0.818. The van der Waals surface area contributed by atoms with Crippen LogP contribution in [0.1, 0.15) is 76.3 Å². The Kier molecular flexibility index (Phi) is 7.43. The van der Waals surface area contributed by atoms with Gasteiger partial charge in [-0.15, -0.1) is 0 Å². The summed E-state index contributed by atoms with van der Waals surface area (Å²) >= 11 is 0. The van der Waals surface area contributed by atoms with Crippen LogP contribution in [0.5, 0.6) is 23.0 Å². The van der Waals surface area contributed by atoms with E-state index in [4.69, 9.17) is 18.9 Å². The highest BCUT2D eigenvalue weighted by Gasteiger charge is 2.42. The number of esters is 4. The van der Waals surface area contributed by atoms with Crippen molar-refractivity contribution in [2.75, 3.05) is 0 Å². The first-order valence-electron chi connectivity index (χ1n) is 12.1. The Morgan fingerprint density at radius 1 is 0.528 bits per heavy atom. The third kappa shape index (κ3) is 5.93. The van der Waals surface area contributed by atoms with E-state index in [2.05, 4.69) is 0 Å². The molecule has 0 amide bonds. The lowest BCUT2D eigenvalue weighted by Crippen LogP contribution is -2.08. The maximum atomic E-state index is 11.6. The first-order chi connectivity index (χ1) is 17.1. The highest BCUT2D eigenvalue weighted by atomic mass is 16.6. The molecule has 190 valence electrons. The topological polar surface area (TPSA) is 105 Å². The highest BCUT2D eigenvalue weighted by Crippen LogP contribution is 2.56. The van der Waals surface area contributed by atoms with Crippen LogP contribution in [0.4, 0.5) is 0 Å². The lowest BCUT2D eigenvalue weighted by atomic mass is 9.89. The molecule has 0 atom stereocenters. The van der Waals surface area contributed by atoms with Crippen LogP contribution in [0.15, 0.2) is 36.4 Å². The molecule has 2 aliphatic carbocycles. The highest BCUT2D eigenvalue weighted by molar-refractivity contribution is 5.74. The predicted molar refractivity (Wildman–Crippen MR) is 129 cm³/mol. The van der Waals surface area contributed by atoms with Crippen molar-refractivity contribution < 1.29 is 38.1 Å². The number of carbonyl (C=O) groups excluding carboxylic acids is 4. The SMILES string of the molecule is CC(=O)Oc1ccc(C2C[C@H]3CC(c4ccc(OC(C)=O)c(OC(C)=O)c4)C[C@H]3C2)cc1OC(C)=O.